The molecule has 0 aliphatic rings. The van der Waals surface area contributed by atoms with Gasteiger partial charge in [-0.2, -0.15) is 0 Å². The van der Waals surface area contributed by atoms with Crippen molar-refractivity contribution in [2.24, 2.45) is 11.7 Å². The molecule has 118 valence electrons. The fourth-order valence-electron chi connectivity index (χ4n) is 1.50. The van der Waals surface area contributed by atoms with Crippen LogP contribution in [0.15, 0.2) is 29.2 Å². The Bertz CT molecular complexity index is 578. The summed E-state index contributed by atoms with van der Waals surface area (Å²) in [6.45, 7) is 2.69. The second kappa shape index (κ2) is 8.06. The van der Waals surface area contributed by atoms with Crippen LogP contribution in [0.25, 0.3) is 0 Å². The highest BCUT2D eigenvalue weighted by molar-refractivity contribution is 7.89. The first-order valence-corrected chi connectivity index (χ1v) is 8.06. The van der Waals surface area contributed by atoms with Crippen LogP contribution in [0.3, 0.4) is 0 Å². The summed E-state index contributed by atoms with van der Waals surface area (Å²) in [7, 11) is -3.95. The molecule has 1 aromatic rings. The zero-order valence-corrected chi connectivity index (χ0v) is 12.6. The van der Waals surface area contributed by atoms with Gasteiger partial charge in [0.05, 0.1) is 0 Å². The summed E-state index contributed by atoms with van der Waals surface area (Å²) in [6.07, 6.45) is -0.0228. The maximum Gasteiger partial charge on any atom is 0.243 e. The summed E-state index contributed by atoms with van der Waals surface area (Å²) in [5.74, 6) is -0.957. The van der Waals surface area contributed by atoms with Crippen LogP contribution in [0.5, 0.6) is 0 Å². The lowest BCUT2D eigenvalue weighted by molar-refractivity contribution is -0.121. The monoisotopic (exact) mass is 317 g/mol. The third-order valence-electron chi connectivity index (χ3n) is 2.82. The Hall–Kier alpha value is -1.51. The van der Waals surface area contributed by atoms with Gasteiger partial charge < -0.3 is 11.1 Å². The van der Waals surface area contributed by atoms with Crippen LogP contribution in [0, 0.1) is 11.7 Å². The number of hydrogen-bond acceptors (Lipinski definition) is 4. The van der Waals surface area contributed by atoms with Crippen molar-refractivity contribution in [1.82, 2.24) is 10.0 Å². The molecule has 0 aliphatic carbocycles. The van der Waals surface area contributed by atoms with E-state index in [0.717, 1.165) is 6.07 Å². The number of rotatable bonds is 8. The first-order valence-electron chi connectivity index (χ1n) is 6.57. The van der Waals surface area contributed by atoms with E-state index in [9.17, 15) is 17.6 Å². The standard InChI is InChI=1S/C13H20FN3O3S/c1-10(8-15)9-16-13(18)6-7-17-21(19,20)12-5-3-2-4-11(12)14/h2-5,10,17H,6-9,15H2,1H3,(H,16,18). The molecular weight excluding hydrogens is 297 g/mol. The minimum absolute atomic E-state index is 0.0228. The molecule has 6 nitrogen and oxygen atoms in total. The summed E-state index contributed by atoms with van der Waals surface area (Å²) in [5.41, 5.74) is 5.42. The Morgan fingerprint density at radius 3 is 2.67 bits per heavy atom. The minimum Gasteiger partial charge on any atom is -0.356 e. The van der Waals surface area contributed by atoms with E-state index in [-0.39, 0.29) is 24.8 Å². The quantitative estimate of drug-likeness (QED) is 0.638. The van der Waals surface area contributed by atoms with Gasteiger partial charge in [-0.15, -0.1) is 0 Å². The number of nitrogens with two attached hydrogens (primary N) is 1. The summed E-state index contributed by atoms with van der Waals surface area (Å²) >= 11 is 0. The zero-order valence-electron chi connectivity index (χ0n) is 11.8. The fraction of sp³-hybridized carbons (Fsp3) is 0.462. The van der Waals surface area contributed by atoms with E-state index in [1.165, 1.54) is 18.2 Å². The molecule has 1 atom stereocenters. The van der Waals surface area contributed by atoms with Gasteiger partial charge in [-0.1, -0.05) is 19.1 Å². The average Bonchev–Trinajstić information content (AvgIpc) is 2.44. The van der Waals surface area contributed by atoms with E-state index in [0.29, 0.717) is 13.1 Å². The molecule has 1 aromatic carbocycles. The van der Waals surface area contributed by atoms with E-state index in [2.05, 4.69) is 10.0 Å². The molecule has 1 rings (SSSR count). The molecule has 0 saturated carbocycles. The van der Waals surface area contributed by atoms with E-state index in [1.807, 2.05) is 6.92 Å². The number of amides is 1. The largest absolute Gasteiger partial charge is 0.356 e. The molecule has 1 amide bonds. The molecule has 8 heteroatoms. The molecule has 4 N–H and O–H groups in total. The Kier molecular flexibility index (Phi) is 6.73. The van der Waals surface area contributed by atoms with Crippen LogP contribution in [-0.4, -0.2) is 34.0 Å². The van der Waals surface area contributed by atoms with Crippen LogP contribution in [0.1, 0.15) is 13.3 Å². The van der Waals surface area contributed by atoms with Crippen LogP contribution < -0.4 is 15.8 Å². The van der Waals surface area contributed by atoms with Crippen LogP contribution in [-0.2, 0) is 14.8 Å². The van der Waals surface area contributed by atoms with Crippen LogP contribution in [0.4, 0.5) is 4.39 Å². The van der Waals surface area contributed by atoms with Crippen molar-refractivity contribution in [2.75, 3.05) is 19.6 Å². The highest BCUT2D eigenvalue weighted by Gasteiger charge is 2.18. The highest BCUT2D eigenvalue weighted by Crippen LogP contribution is 2.12. The number of benzene rings is 1. The first-order chi connectivity index (χ1) is 9.86. The van der Waals surface area contributed by atoms with Gasteiger partial charge in [0.25, 0.3) is 0 Å². The third-order valence-corrected chi connectivity index (χ3v) is 4.31. The lowest BCUT2D eigenvalue weighted by atomic mass is 10.2. The van der Waals surface area contributed by atoms with Gasteiger partial charge >= 0.3 is 0 Å². The van der Waals surface area contributed by atoms with Gasteiger partial charge in [-0.05, 0) is 24.6 Å². The van der Waals surface area contributed by atoms with E-state index in [4.69, 9.17) is 5.73 Å². The maximum atomic E-state index is 13.4. The number of carbonyl (C=O) groups is 1. The summed E-state index contributed by atoms with van der Waals surface area (Å²) in [4.78, 5) is 11.1. The molecule has 0 aliphatic heterocycles. The van der Waals surface area contributed by atoms with Crippen molar-refractivity contribution in [2.45, 2.75) is 18.2 Å². The van der Waals surface area contributed by atoms with Gasteiger partial charge in [0.2, 0.25) is 15.9 Å². The highest BCUT2D eigenvalue weighted by atomic mass is 32.2. The van der Waals surface area contributed by atoms with E-state index in [1.54, 1.807) is 0 Å². The third kappa shape index (κ3) is 5.78. The molecule has 0 heterocycles. The SMILES string of the molecule is CC(CN)CNC(=O)CCNS(=O)(=O)c1ccccc1F. The van der Waals surface area contributed by atoms with E-state index >= 15 is 0 Å². The fourth-order valence-corrected chi connectivity index (χ4v) is 2.61. The maximum absolute atomic E-state index is 13.4. The Balaban J connectivity index is 2.45. The number of sulfonamides is 1. The zero-order chi connectivity index (χ0) is 15.9. The minimum atomic E-state index is -3.95. The lowest BCUT2D eigenvalue weighted by Gasteiger charge is -2.10. The molecule has 1 unspecified atom stereocenters. The van der Waals surface area contributed by atoms with Gasteiger partial charge in [-0.25, -0.2) is 17.5 Å². The number of nitrogens with one attached hydrogen (secondary N) is 2. The Morgan fingerprint density at radius 1 is 1.38 bits per heavy atom. The predicted octanol–water partition coefficient (Wildman–Crippen LogP) is 0.205. The van der Waals surface area contributed by atoms with Crippen molar-refractivity contribution in [1.29, 1.82) is 0 Å². The molecule has 0 aromatic heterocycles. The molecule has 0 fully saturated rings. The number of carbonyl (C=O) groups excluding carboxylic acids is 1. The van der Waals surface area contributed by atoms with E-state index < -0.39 is 20.7 Å². The molecule has 0 bridgehead atoms. The number of halogens is 1. The summed E-state index contributed by atoms with van der Waals surface area (Å²) in [5, 5.41) is 2.64. The van der Waals surface area contributed by atoms with Crippen molar-refractivity contribution in [3.63, 3.8) is 0 Å². The molecule has 0 spiro atoms. The topological polar surface area (TPSA) is 101 Å². The molecule has 21 heavy (non-hydrogen) atoms. The molecule has 0 radical (unpaired) electrons. The molecule has 0 saturated heterocycles. The average molecular weight is 317 g/mol. The Morgan fingerprint density at radius 2 is 2.05 bits per heavy atom. The number of hydrogen-bond donors (Lipinski definition) is 3. The van der Waals surface area contributed by atoms with Gasteiger partial charge in [-0.3, -0.25) is 4.79 Å². The van der Waals surface area contributed by atoms with Crippen LogP contribution >= 0.6 is 0 Å². The van der Waals surface area contributed by atoms with Gasteiger partial charge in [0, 0.05) is 19.5 Å². The predicted molar refractivity (Wildman–Crippen MR) is 77.4 cm³/mol. The van der Waals surface area contributed by atoms with Gasteiger partial charge in [0.15, 0.2) is 0 Å². The van der Waals surface area contributed by atoms with Gasteiger partial charge in [0.1, 0.15) is 10.7 Å². The smallest absolute Gasteiger partial charge is 0.243 e. The normalized spacial score (nSPS) is 12.9. The summed E-state index contributed by atoms with van der Waals surface area (Å²) in [6, 6.07) is 5.06. The van der Waals surface area contributed by atoms with Crippen LogP contribution in [0.2, 0.25) is 0 Å². The van der Waals surface area contributed by atoms with Crippen molar-refractivity contribution < 1.29 is 17.6 Å². The Labute approximate surface area is 124 Å². The molecular formula is C13H20FN3O3S. The second-order valence-corrected chi connectivity index (χ2v) is 6.46. The lowest BCUT2D eigenvalue weighted by Crippen LogP contribution is -2.34. The van der Waals surface area contributed by atoms with Crippen molar-refractivity contribution >= 4 is 15.9 Å². The second-order valence-electron chi connectivity index (χ2n) is 4.72. The van der Waals surface area contributed by atoms with Crippen molar-refractivity contribution in [3.05, 3.63) is 30.1 Å². The first kappa shape index (κ1) is 17.5. The van der Waals surface area contributed by atoms with Crippen molar-refractivity contribution in [3.8, 4) is 0 Å². The summed E-state index contributed by atoms with van der Waals surface area (Å²) < 4.78 is 39.3.